The summed E-state index contributed by atoms with van der Waals surface area (Å²) in [6, 6.07) is 3.46. The molecular formula is C11H10N2O4. The first-order chi connectivity index (χ1) is 7.95. The molecule has 0 aliphatic carbocycles. The summed E-state index contributed by atoms with van der Waals surface area (Å²) in [7, 11) is 0. The molecule has 0 amide bonds. The molecule has 1 atom stereocenters. The largest absolute Gasteiger partial charge is 0.477 e. The minimum Gasteiger partial charge on any atom is -0.477 e. The summed E-state index contributed by atoms with van der Waals surface area (Å²) in [5, 5.41) is 22.3. The predicted octanol–water partition coefficient (Wildman–Crippen LogP) is 1.73. The van der Waals surface area contributed by atoms with Gasteiger partial charge in [0, 0.05) is 11.8 Å². The Morgan fingerprint density at radius 2 is 2.29 bits per heavy atom. The highest BCUT2D eigenvalue weighted by Gasteiger charge is 2.20. The molecule has 0 aliphatic rings. The fourth-order valence-corrected chi connectivity index (χ4v) is 1.24. The predicted molar refractivity (Wildman–Crippen MR) is 62.0 cm³/mol. The van der Waals surface area contributed by atoms with Crippen molar-refractivity contribution in [3.63, 3.8) is 0 Å². The Balaban J connectivity index is 3.15. The molecule has 1 aromatic rings. The van der Waals surface area contributed by atoms with Gasteiger partial charge in [0.1, 0.15) is 5.56 Å². The maximum absolute atomic E-state index is 10.8. The van der Waals surface area contributed by atoms with E-state index in [-0.39, 0.29) is 11.6 Å². The van der Waals surface area contributed by atoms with Crippen molar-refractivity contribution in [1.29, 1.82) is 0 Å². The van der Waals surface area contributed by atoms with Gasteiger partial charge in [0.15, 0.2) is 0 Å². The first-order valence-corrected chi connectivity index (χ1v) is 4.70. The van der Waals surface area contributed by atoms with E-state index in [4.69, 9.17) is 11.5 Å². The molecule has 6 heteroatoms. The number of nitrogens with zero attached hydrogens (tertiary/aromatic N) is 1. The molecule has 0 aliphatic heterocycles. The average Bonchev–Trinajstić information content (AvgIpc) is 2.28. The number of carbonyl (C=O) groups is 1. The average molecular weight is 234 g/mol. The molecule has 6 nitrogen and oxygen atoms in total. The summed E-state index contributed by atoms with van der Waals surface area (Å²) < 4.78 is 0. The molecule has 0 spiro atoms. The number of carboxylic acid groups (broad SMARTS) is 1. The first-order valence-electron chi connectivity index (χ1n) is 4.70. The van der Waals surface area contributed by atoms with E-state index in [1.54, 1.807) is 6.92 Å². The number of carboxylic acids is 1. The number of anilines is 1. The molecule has 1 rings (SSSR count). The Hall–Kier alpha value is -2.55. The van der Waals surface area contributed by atoms with E-state index in [1.165, 1.54) is 12.1 Å². The molecule has 0 saturated heterocycles. The number of hydrogen-bond donors (Lipinski definition) is 2. The lowest BCUT2D eigenvalue weighted by molar-refractivity contribution is -0.385. The van der Waals surface area contributed by atoms with E-state index in [1.807, 2.05) is 0 Å². The van der Waals surface area contributed by atoms with Gasteiger partial charge in [-0.3, -0.25) is 10.1 Å². The van der Waals surface area contributed by atoms with Crippen LogP contribution < -0.4 is 5.32 Å². The third kappa shape index (κ3) is 2.95. The first kappa shape index (κ1) is 12.5. The topological polar surface area (TPSA) is 92.5 Å². The Bertz CT molecular complexity index is 505. The maximum atomic E-state index is 10.8. The Morgan fingerprint density at radius 3 is 2.76 bits per heavy atom. The number of nitro benzene ring substituents is 1. The zero-order valence-electron chi connectivity index (χ0n) is 9.01. The van der Waals surface area contributed by atoms with E-state index < -0.39 is 16.6 Å². The number of nitro groups is 1. The molecular weight excluding hydrogens is 224 g/mol. The molecule has 0 fully saturated rings. The number of nitrogens with one attached hydrogen (secondary N) is 1. The summed E-state index contributed by atoms with van der Waals surface area (Å²) in [5.74, 6) is 1.06. The van der Waals surface area contributed by atoms with Gasteiger partial charge in [0.2, 0.25) is 0 Å². The molecule has 0 saturated carbocycles. The maximum Gasteiger partial charge on any atom is 0.342 e. The fourth-order valence-electron chi connectivity index (χ4n) is 1.24. The van der Waals surface area contributed by atoms with Crippen molar-refractivity contribution in [2.75, 3.05) is 5.32 Å². The number of benzene rings is 1. The second kappa shape index (κ2) is 4.99. The third-order valence-electron chi connectivity index (χ3n) is 2.06. The molecule has 2 N–H and O–H groups in total. The van der Waals surface area contributed by atoms with E-state index in [2.05, 4.69) is 11.2 Å². The standard InChI is InChI=1S/C11H10N2O4/c1-3-7(2)12-8-4-5-9(11(14)15)10(6-8)13(16)17/h1,4-7,12H,2H3,(H,14,15). The van der Waals surface area contributed by atoms with E-state index in [9.17, 15) is 14.9 Å². The van der Waals surface area contributed by atoms with Crippen LogP contribution in [0.1, 0.15) is 17.3 Å². The SMILES string of the molecule is C#CC(C)Nc1ccc(C(=O)O)c([N+](=O)[O-])c1. The highest BCUT2D eigenvalue weighted by atomic mass is 16.6. The Labute approximate surface area is 97.4 Å². The van der Waals surface area contributed by atoms with Crippen molar-refractivity contribution < 1.29 is 14.8 Å². The molecule has 0 bridgehead atoms. The molecule has 1 unspecified atom stereocenters. The summed E-state index contributed by atoms with van der Waals surface area (Å²) in [4.78, 5) is 20.7. The van der Waals surface area contributed by atoms with Crippen molar-refractivity contribution in [3.05, 3.63) is 33.9 Å². The second-order valence-corrected chi connectivity index (χ2v) is 3.33. The summed E-state index contributed by atoms with van der Waals surface area (Å²) >= 11 is 0. The van der Waals surface area contributed by atoms with Crippen LogP contribution in [-0.2, 0) is 0 Å². The molecule has 17 heavy (non-hydrogen) atoms. The third-order valence-corrected chi connectivity index (χ3v) is 2.06. The molecule has 1 aromatic carbocycles. The van der Waals surface area contributed by atoms with Crippen LogP contribution in [0.15, 0.2) is 18.2 Å². The Kier molecular flexibility index (Phi) is 3.67. The number of terminal acetylenes is 1. The monoisotopic (exact) mass is 234 g/mol. The lowest BCUT2D eigenvalue weighted by atomic mass is 10.1. The van der Waals surface area contributed by atoms with E-state index in [0.29, 0.717) is 5.69 Å². The minimum atomic E-state index is -1.34. The van der Waals surface area contributed by atoms with Crippen molar-refractivity contribution in [2.45, 2.75) is 13.0 Å². The lowest BCUT2D eigenvalue weighted by Gasteiger charge is -2.09. The summed E-state index contributed by atoms with van der Waals surface area (Å²) in [6.07, 6.45) is 5.16. The number of aromatic carboxylic acids is 1. The van der Waals surface area contributed by atoms with Gasteiger partial charge in [0.05, 0.1) is 11.0 Å². The van der Waals surface area contributed by atoms with Gasteiger partial charge < -0.3 is 10.4 Å². The summed E-state index contributed by atoms with van der Waals surface area (Å²) in [6.45, 7) is 1.71. The van der Waals surface area contributed by atoms with Crippen LogP contribution in [0.2, 0.25) is 0 Å². The van der Waals surface area contributed by atoms with Crippen LogP contribution in [0.25, 0.3) is 0 Å². The van der Waals surface area contributed by atoms with Crippen LogP contribution in [0.3, 0.4) is 0 Å². The van der Waals surface area contributed by atoms with Crippen molar-refractivity contribution in [3.8, 4) is 12.3 Å². The van der Waals surface area contributed by atoms with Gasteiger partial charge in [-0.05, 0) is 19.1 Å². The number of hydrogen-bond acceptors (Lipinski definition) is 4. The van der Waals surface area contributed by atoms with Crippen molar-refractivity contribution in [1.82, 2.24) is 0 Å². The summed E-state index contributed by atoms with van der Waals surface area (Å²) in [5.41, 5.74) is -0.409. The quantitative estimate of drug-likeness (QED) is 0.470. The van der Waals surface area contributed by atoms with Crippen molar-refractivity contribution >= 4 is 17.3 Å². The zero-order valence-corrected chi connectivity index (χ0v) is 9.01. The molecule has 0 aromatic heterocycles. The number of rotatable bonds is 4. The molecule has 0 heterocycles. The van der Waals surface area contributed by atoms with Crippen LogP contribution in [0, 0.1) is 22.5 Å². The van der Waals surface area contributed by atoms with Gasteiger partial charge >= 0.3 is 5.97 Å². The smallest absolute Gasteiger partial charge is 0.342 e. The van der Waals surface area contributed by atoms with Crippen molar-refractivity contribution in [2.24, 2.45) is 0 Å². The highest BCUT2D eigenvalue weighted by molar-refractivity contribution is 5.93. The van der Waals surface area contributed by atoms with Gasteiger partial charge in [-0.1, -0.05) is 5.92 Å². The Morgan fingerprint density at radius 1 is 1.65 bits per heavy atom. The van der Waals surface area contributed by atoms with Crippen LogP contribution in [0.5, 0.6) is 0 Å². The highest BCUT2D eigenvalue weighted by Crippen LogP contribution is 2.23. The molecule has 88 valence electrons. The van der Waals surface area contributed by atoms with Gasteiger partial charge in [0.25, 0.3) is 5.69 Å². The van der Waals surface area contributed by atoms with Gasteiger partial charge in [-0.25, -0.2) is 4.79 Å². The minimum absolute atomic E-state index is 0.301. The van der Waals surface area contributed by atoms with Gasteiger partial charge in [-0.2, -0.15) is 0 Å². The normalized spacial score (nSPS) is 11.3. The van der Waals surface area contributed by atoms with E-state index >= 15 is 0 Å². The molecule has 0 radical (unpaired) electrons. The second-order valence-electron chi connectivity index (χ2n) is 3.33. The lowest BCUT2D eigenvalue weighted by Crippen LogP contribution is -2.12. The van der Waals surface area contributed by atoms with Crippen LogP contribution in [0.4, 0.5) is 11.4 Å². The zero-order chi connectivity index (χ0) is 13.0. The van der Waals surface area contributed by atoms with Crippen LogP contribution >= 0.6 is 0 Å². The fraction of sp³-hybridized carbons (Fsp3) is 0.182. The van der Waals surface area contributed by atoms with E-state index in [0.717, 1.165) is 6.07 Å². The van der Waals surface area contributed by atoms with Gasteiger partial charge in [-0.15, -0.1) is 6.42 Å². The van der Waals surface area contributed by atoms with Crippen LogP contribution in [-0.4, -0.2) is 22.0 Å².